The predicted octanol–water partition coefficient (Wildman–Crippen LogP) is 0.358. The highest BCUT2D eigenvalue weighted by molar-refractivity contribution is 5.82. The highest BCUT2D eigenvalue weighted by Gasteiger charge is 2.37. The number of β-amino-alcohol motifs (C(OH)–C–C–N with tert-alkyl or cyclic N) is 1. The van der Waals surface area contributed by atoms with Crippen LogP contribution < -0.4 is 5.32 Å². The van der Waals surface area contributed by atoms with Crippen LogP contribution in [0, 0.1) is 5.92 Å². The largest absolute Gasteiger partial charge is 0.388 e. The Morgan fingerprint density at radius 2 is 2.31 bits per heavy atom. The van der Waals surface area contributed by atoms with Gasteiger partial charge in [-0.25, -0.2) is 0 Å². The quantitative estimate of drug-likeness (QED) is 0.678. The molecule has 2 aliphatic rings. The van der Waals surface area contributed by atoms with E-state index < -0.39 is 5.60 Å². The lowest BCUT2D eigenvalue weighted by atomic mass is 9.93. The summed E-state index contributed by atoms with van der Waals surface area (Å²) in [7, 11) is 0. The zero-order chi connectivity index (χ0) is 11.8. The molecule has 1 amide bonds. The van der Waals surface area contributed by atoms with Gasteiger partial charge in [0, 0.05) is 13.1 Å². The Labute approximate surface area is 97.0 Å². The van der Waals surface area contributed by atoms with Gasteiger partial charge in [0.15, 0.2) is 0 Å². The maximum atomic E-state index is 12.3. The Kier molecular flexibility index (Phi) is 3.22. The molecule has 0 aromatic carbocycles. The summed E-state index contributed by atoms with van der Waals surface area (Å²) in [5.41, 5.74) is -0.699. The maximum Gasteiger partial charge on any atom is 0.240 e. The summed E-state index contributed by atoms with van der Waals surface area (Å²) in [6, 6.07) is -0.0334. The number of piperidine rings is 1. The van der Waals surface area contributed by atoms with E-state index in [1.807, 2.05) is 11.8 Å². The molecule has 92 valence electrons. The fourth-order valence-electron chi connectivity index (χ4n) is 2.77. The van der Waals surface area contributed by atoms with Crippen LogP contribution in [0.3, 0.4) is 0 Å². The summed E-state index contributed by atoms with van der Waals surface area (Å²) in [6.07, 6.45) is 2.77. The van der Waals surface area contributed by atoms with Crippen LogP contribution in [0.2, 0.25) is 0 Å². The lowest BCUT2D eigenvalue weighted by Crippen LogP contribution is -2.54. The third-order valence-electron chi connectivity index (χ3n) is 3.79. The van der Waals surface area contributed by atoms with E-state index in [-0.39, 0.29) is 11.9 Å². The van der Waals surface area contributed by atoms with E-state index in [1.165, 1.54) is 0 Å². The number of hydrogen-bond donors (Lipinski definition) is 2. The van der Waals surface area contributed by atoms with E-state index in [2.05, 4.69) is 12.2 Å². The van der Waals surface area contributed by atoms with Crippen molar-refractivity contribution in [3.8, 4) is 0 Å². The molecule has 2 N–H and O–H groups in total. The molecule has 0 aromatic rings. The van der Waals surface area contributed by atoms with Crippen molar-refractivity contribution < 1.29 is 9.90 Å². The third kappa shape index (κ3) is 2.38. The average molecular weight is 226 g/mol. The highest BCUT2D eigenvalue weighted by Crippen LogP contribution is 2.23. The fraction of sp³-hybridized carbons (Fsp3) is 0.917. The zero-order valence-corrected chi connectivity index (χ0v) is 10.2. The van der Waals surface area contributed by atoms with Crippen molar-refractivity contribution in [2.75, 3.05) is 19.6 Å². The van der Waals surface area contributed by atoms with Crippen molar-refractivity contribution in [2.45, 2.75) is 44.8 Å². The second-order valence-corrected chi connectivity index (χ2v) is 5.56. The molecule has 0 radical (unpaired) electrons. The Morgan fingerprint density at radius 1 is 1.56 bits per heavy atom. The van der Waals surface area contributed by atoms with Crippen LogP contribution in [0.4, 0.5) is 0 Å². The minimum absolute atomic E-state index is 0.0334. The molecule has 2 saturated heterocycles. The molecule has 2 heterocycles. The van der Waals surface area contributed by atoms with Crippen molar-refractivity contribution in [1.29, 1.82) is 0 Å². The molecule has 4 heteroatoms. The van der Waals surface area contributed by atoms with Gasteiger partial charge >= 0.3 is 0 Å². The van der Waals surface area contributed by atoms with Gasteiger partial charge in [0.25, 0.3) is 0 Å². The summed E-state index contributed by atoms with van der Waals surface area (Å²) >= 11 is 0. The van der Waals surface area contributed by atoms with Gasteiger partial charge in [0.1, 0.15) is 0 Å². The number of rotatable bonds is 1. The molecule has 2 fully saturated rings. The van der Waals surface area contributed by atoms with Crippen molar-refractivity contribution >= 4 is 5.91 Å². The third-order valence-corrected chi connectivity index (χ3v) is 3.79. The van der Waals surface area contributed by atoms with Crippen LogP contribution in [0.25, 0.3) is 0 Å². The SMILES string of the molecule is CC1CCNC1C(=O)N1CCCC(C)(O)C1. The molecule has 0 aliphatic carbocycles. The molecule has 4 nitrogen and oxygen atoms in total. The van der Waals surface area contributed by atoms with Gasteiger partial charge in [0.2, 0.25) is 5.91 Å². The van der Waals surface area contributed by atoms with Gasteiger partial charge in [0.05, 0.1) is 11.6 Å². The topological polar surface area (TPSA) is 52.6 Å². The molecule has 0 spiro atoms. The lowest BCUT2D eigenvalue weighted by Gasteiger charge is -2.38. The maximum absolute atomic E-state index is 12.3. The number of amides is 1. The summed E-state index contributed by atoms with van der Waals surface area (Å²) in [4.78, 5) is 14.1. The number of carbonyl (C=O) groups is 1. The Bertz CT molecular complexity index is 278. The number of nitrogens with zero attached hydrogens (tertiary/aromatic N) is 1. The molecule has 3 atom stereocenters. The first-order chi connectivity index (χ1) is 7.49. The normalized spacial score (nSPS) is 40.1. The molecule has 3 unspecified atom stereocenters. The second-order valence-electron chi connectivity index (χ2n) is 5.56. The number of nitrogens with one attached hydrogen (secondary N) is 1. The van der Waals surface area contributed by atoms with Crippen molar-refractivity contribution in [1.82, 2.24) is 10.2 Å². The van der Waals surface area contributed by atoms with Crippen molar-refractivity contribution in [2.24, 2.45) is 5.92 Å². The number of likely N-dealkylation sites (tertiary alicyclic amines) is 1. The summed E-state index contributed by atoms with van der Waals surface area (Å²) in [5, 5.41) is 13.2. The van der Waals surface area contributed by atoms with E-state index in [1.54, 1.807) is 0 Å². The van der Waals surface area contributed by atoms with Gasteiger partial charge in [-0.2, -0.15) is 0 Å². The van der Waals surface area contributed by atoms with Gasteiger partial charge in [-0.05, 0) is 38.6 Å². The zero-order valence-electron chi connectivity index (χ0n) is 10.2. The smallest absolute Gasteiger partial charge is 0.240 e. The molecular formula is C12H22N2O2. The minimum Gasteiger partial charge on any atom is -0.388 e. The van der Waals surface area contributed by atoms with Crippen LogP contribution in [-0.4, -0.2) is 47.2 Å². The second kappa shape index (κ2) is 4.34. The van der Waals surface area contributed by atoms with Gasteiger partial charge in [-0.15, -0.1) is 0 Å². The summed E-state index contributed by atoms with van der Waals surface area (Å²) < 4.78 is 0. The first kappa shape index (κ1) is 11.9. The van der Waals surface area contributed by atoms with Crippen molar-refractivity contribution in [3.05, 3.63) is 0 Å². The standard InChI is InChI=1S/C12H22N2O2/c1-9-4-6-13-10(9)11(15)14-7-3-5-12(2,16)8-14/h9-10,13,16H,3-8H2,1-2H3. The molecular weight excluding hydrogens is 204 g/mol. The summed E-state index contributed by atoms with van der Waals surface area (Å²) in [6.45, 7) is 6.14. The molecule has 0 saturated carbocycles. The molecule has 2 rings (SSSR count). The molecule has 2 aliphatic heterocycles. The lowest BCUT2D eigenvalue weighted by molar-refractivity contribution is -0.140. The van der Waals surface area contributed by atoms with E-state index >= 15 is 0 Å². The number of hydrogen-bond acceptors (Lipinski definition) is 3. The van der Waals surface area contributed by atoms with Crippen LogP contribution in [0.15, 0.2) is 0 Å². The van der Waals surface area contributed by atoms with Gasteiger partial charge < -0.3 is 15.3 Å². The van der Waals surface area contributed by atoms with Gasteiger partial charge in [-0.1, -0.05) is 6.92 Å². The van der Waals surface area contributed by atoms with Crippen LogP contribution >= 0.6 is 0 Å². The predicted molar refractivity (Wildman–Crippen MR) is 62.0 cm³/mol. The van der Waals surface area contributed by atoms with E-state index in [4.69, 9.17) is 0 Å². The van der Waals surface area contributed by atoms with Crippen LogP contribution in [0.1, 0.15) is 33.1 Å². The minimum atomic E-state index is -0.699. The van der Waals surface area contributed by atoms with E-state index in [0.717, 1.165) is 32.4 Å². The Morgan fingerprint density at radius 3 is 2.88 bits per heavy atom. The first-order valence-corrected chi connectivity index (χ1v) is 6.24. The van der Waals surface area contributed by atoms with Crippen LogP contribution in [-0.2, 0) is 4.79 Å². The van der Waals surface area contributed by atoms with E-state index in [9.17, 15) is 9.90 Å². The fourth-order valence-corrected chi connectivity index (χ4v) is 2.77. The number of carbonyl (C=O) groups excluding carboxylic acids is 1. The van der Waals surface area contributed by atoms with Gasteiger partial charge in [-0.3, -0.25) is 4.79 Å². The Hall–Kier alpha value is -0.610. The average Bonchev–Trinajstić information content (AvgIpc) is 2.62. The molecule has 16 heavy (non-hydrogen) atoms. The monoisotopic (exact) mass is 226 g/mol. The highest BCUT2D eigenvalue weighted by atomic mass is 16.3. The molecule has 0 bridgehead atoms. The Balaban J connectivity index is 1.99. The van der Waals surface area contributed by atoms with Crippen LogP contribution in [0.5, 0.6) is 0 Å². The van der Waals surface area contributed by atoms with E-state index in [0.29, 0.717) is 12.5 Å². The number of aliphatic hydroxyl groups is 1. The first-order valence-electron chi connectivity index (χ1n) is 6.24. The summed E-state index contributed by atoms with van der Waals surface area (Å²) in [5.74, 6) is 0.587. The molecule has 0 aromatic heterocycles. The van der Waals surface area contributed by atoms with Crippen molar-refractivity contribution in [3.63, 3.8) is 0 Å².